The van der Waals surface area contributed by atoms with Crippen LogP contribution in [-0.4, -0.2) is 46.7 Å². The van der Waals surface area contributed by atoms with Gasteiger partial charge in [0.1, 0.15) is 11.2 Å². The zero-order valence-electron chi connectivity index (χ0n) is 20.6. The fourth-order valence-electron chi connectivity index (χ4n) is 2.77. The fourth-order valence-corrected chi connectivity index (χ4v) is 2.77. The second-order valence-corrected chi connectivity index (χ2v) is 10.8. The molecule has 2 amide bonds. The SMILES string of the molecule is Cc1ncc(N(C(=O)OC(C)(C)C)C(=O)OC(C)(C)C)cc1B1OC(C)(C)C(C)(C)O1. The average molecular weight is 434 g/mol. The molecular formula is C22H35BN2O6. The third kappa shape index (κ3) is 5.98. The zero-order valence-corrected chi connectivity index (χ0v) is 20.6. The van der Waals surface area contributed by atoms with Gasteiger partial charge in [-0.25, -0.2) is 9.59 Å². The molecule has 1 fully saturated rings. The number of amides is 2. The molecule has 1 aromatic heterocycles. The van der Waals surface area contributed by atoms with Crippen LogP contribution in [0.1, 0.15) is 74.9 Å². The number of hydrogen-bond donors (Lipinski definition) is 0. The lowest BCUT2D eigenvalue weighted by molar-refractivity contribution is 0.00578. The van der Waals surface area contributed by atoms with Gasteiger partial charge in [-0.05, 0) is 82.2 Å². The summed E-state index contributed by atoms with van der Waals surface area (Å²) in [6.07, 6.45) is -0.280. The molecule has 1 saturated heterocycles. The van der Waals surface area contributed by atoms with E-state index in [4.69, 9.17) is 18.8 Å². The van der Waals surface area contributed by atoms with Crippen LogP contribution in [-0.2, 0) is 18.8 Å². The topological polar surface area (TPSA) is 87.2 Å². The Morgan fingerprint density at radius 3 is 1.74 bits per heavy atom. The number of rotatable bonds is 2. The Kier molecular flexibility index (Phi) is 6.56. The van der Waals surface area contributed by atoms with Crippen molar-refractivity contribution >= 4 is 30.5 Å². The summed E-state index contributed by atoms with van der Waals surface area (Å²) in [7, 11) is -0.698. The van der Waals surface area contributed by atoms with Crippen LogP contribution in [0.3, 0.4) is 0 Å². The van der Waals surface area contributed by atoms with Crippen molar-refractivity contribution in [2.75, 3.05) is 4.90 Å². The Hall–Kier alpha value is -2.13. The normalized spacial score (nSPS) is 18.0. The van der Waals surface area contributed by atoms with Gasteiger partial charge in [-0.1, -0.05) is 0 Å². The van der Waals surface area contributed by atoms with Gasteiger partial charge in [0, 0.05) is 11.2 Å². The van der Waals surface area contributed by atoms with Gasteiger partial charge in [0.2, 0.25) is 0 Å². The third-order valence-electron chi connectivity index (χ3n) is 5.03. The van der Waals surface area contributed by atoms with E-state index in [1.54, 1.807) is 47.6 Å². The lowest BCUT2D eigenvalue weighted by Gasteiger charge is -2.32. The molecular weight excluding hydrogens is 399 g/mol. The maximum atomic E-state index is 12.9. The van der Waals surface area contributed by atoms with Gasteiger partial charge < -0.3 is 18.8 Å². The Morgan fingerprint density at radius 1 is 0.935 bits per heavy atom. The summed E-state index contributed by atoms with van der Waals surface area (Å²) in [5, 5.41) is 0. The standard InChI is InChI=1S/C22H35BN2O6/c1-14-16(23-30-21(8,9)22(10,11)31-23)12-15(13-24-14)25(17(26)28-19(2,3)4)18(27)29-20(5,6)7/h12-13H,1-11H3. The van der Waals surface area contributed by atoms with Gasteiger partial charge in [0.25, 0.3) is 0 Å². The Balaban J connectivity index is 2.48. The lowest BCUT2D eigenvalue weighted by atomic mass is 9.78. The maximum Gasteiger partial charge on any atom is 0.496 e. The summed E-state index contributed by atoms with van der Waals surface area (Å²) in [6.45, 7) is 20.0. The number of carbonyl (C=O) groups is 2. The van der Waals surface area contributed by atoms with E-state index in [-0.39, 0.29) is 5.69 Å². The predicted octanol–water partition coefficient (Wildman–Crippen LogP) is 4.37. The number of hydrogen-bond acceptors (Lipinski definition) is 7. The molecule has 0 aromatic carbocycles. The van der Waals surface area contributed by atoms with Crippen molar-refractivity contribution < 1.29 is 28.4 Å². The van der Waals surface area contributed by atoms with E-state index >= 15 is 0 Å². The van der Waals surface area contributed by atoms with Crippen LogP contribution < -0.4 is 10.4 Å². The van der Waals surface area contributed by atoms with Crippen LogP contribution in [0.5, 0.6) is 0 Å². The summed E-state index contributed by atoms with van der Waals surface area (Å²) < 4.78 is 23.2. The second-order valence-electron chi connectivity index (χ2n) is 10.8. The first-order valence-corrected chi connectivity index (χ1v) is 10.4. The Labute approximate surface area is 185 Å². The summed E-state index contributed by atoms with van der Waals surface area (Å²) in [6, 6.07) is 1.65. The van der Waals surface area contributed by atoms with Crippen molar-refractivity contribution in [3.63, 3.8) is 0 Å². The predicted molar refractivity (Wildman–Crippen MR) is 120 cm³/mol. The average Bonchev–Trinajstić information content (AvgIpc) is 2.73. The molecule has 1 aliphatic rings. The number of ether oxygens (including phenoxy) is 2. The molecule has 2 rings (SSSR count). The van der Waals surface area contributed by atoms with E-state index in [0.29, 0.717) is 11.2 Å². The van der Waals surface area contributed by atoms with Crippen LogP contribution in [0.2, 0.25) is 0 Å². The van der Waals surface area contributed by atoms with E-state index in [1.807, 2.05) is 34.6 Å². The van der Waals surface area contributed by atoms with E-state index in [2.05, 4.69) is 4.98 Å². The summed E-state index contributed by atoms with van der Waals surface area (Å²) in [5.41, 5.74) is -1.21. The highest BCUT2D eigenvalue weighted by Crippen LogP contribution is 2.37. The van der Waals surface area contributed by atoms with Crippen LogP contribution >= 0.6 is 0 Å². The number of imide groups is 1. The van der Waals surface area contributed by atoms with E-state index in [1.165, 1.54) is 6.20 Å². The molecule has 0 atom stereocenters. The largest absolute Gasteiger partial charge is 0.496 e. The van der Waals surface area contributed by atoms with Gasteiger partial charge in [0.05, 0.1) is 23.1 Å². The number of carbonyl (C=O) groups excluding carboxylic acids is 2. The molecule has 0 spiro atoms. The minimum atomic E-state index is -0.854. The first-order valence-electron chi connectivity index (χ1n) is 10.4. The highest BCUT2D eigenvalue weighted by atomic mass is 16.7. The molecule has 8 nitrogen and oxygen atoms in total. The van der Waals surface area contributed by atoms with Crippen LogP contribution in [0, 0.1) is 6.92 Å². The highest BCUT2D eigenvalue weighted by Gasteiger charge is 2.52. The molecule has 0 unspecified atom stereocenters. The summed E-state index contributed by atoms with van der Waals surface area (Å²) >= 11 is 0. The summed E-state index contributed by atoms with van der Waals surface area (Å²) in [5.74, 6) is 0. The van der Waals surface area contributed by atoms with E-state index in [9.17, 15) is 9.59 Å². The zero-order chi connectivity index (χ0) is 24.0. The van der Waals surface area contributed by atoms with Crippen molar-refractivity contribution in [2.24, 2.45) is 0 Å². The van der Waals surface area contributed by atoms with Gasteiger partial charge in [-0.15, -0.1) is 0 Å². The van der Waals surface area contributed by atoms with Crippen molar-refractivity contribution in [1.82, 2.24) is 4.98 Å². The molecule has 0 saturated carbocycles. The van der Waals surface area contributed by atoms with E-state index < -0.39 is 41.7 Å². The first-order chi connectivity index (χ1) is 13.8. The van der Waals surface area contributed by atoms with Crippen molar-refractivity contribution in [1.29, 1.82) is 0 Å². The van der Waals surface area contributed by atoms with Crippen molar-refractivity contribution in [3.05, 3.63) is 18.0 Å². The summed E-state index contributed by atoms with van der Waals surface area (Å²) in [4.78, 5) is 31.1. The number of pyridine rings is 1. The molecule has 0 bridgehead atoms. The van der Waals surface area contributed by atoms with Crippen molar-refractivity contribution in [3.8, 4) is 0 Å². The number of aromatic nitrogens is 1. The smallest absolute Gasteiger partial charge is 0.443 e. The molecule has 31 heavy (non-hydrogen) atoms. The van der Waals surface area contributed by atoms with Crippen LogP contribution in [0.15, 0.2) is 12.3 Å². The first kappa shape index (κ1) is 25.1. The monoisotopic (exact) mass is 434 g/mol. The highest BCUT2D eigenvalue weighted by molar-refractivity contribution is 6.62. The number of nitrogens with zero attached hydrogens (tertiary/aromatic N) is 2. The second kappa shape index (κ2) is 8.09. The quantitative estimate of drug-likeness (QED) is 0.639. The lowest BCUT2D eigenvalue weighted by Crippen LogP contribution is -2.45. The number of aryl methyl sites for hydroxylation is 1. The fraction of sp³-hybridized carbons (Fsp3) is 0.682. The Morgan fingerprint density at radius 2 is 1.35 bits per heavy atom. The molecule has 1 aliphatic heterocycles. The molecule has 2 heterocycles. The molecule has 172 valence electrons. The molecule has 9 heteroatoms. The molecule has 1 aromatic rings. The van der Waals surface area contributed by atoms with Crippen LogP contribution in [0.4, 0.5) is 15.3 Å². The molecule has 0 aliphatic carbocycles. The van der Waals surface area contributed by atoms with Gasteiger partial charge in [0.15, 0.2) is 0 Å². The molecule has 0 radical (unpaired) electrons. The maximum absolute atomic E-state index is 12.9. The third-order valence-corrected chi connectivity index (χ3v) is 5.03. The van der Waals surface area contributed by atoms with Gasteiger partial charge in [-0.2, -0.15) is 4.90 Å². The van der Waals surface area contributed by atoms with Gasteiger partial charge >= 0.3 is 19.3 Å². The minimum absolute atomic E-state index is 0.207. The number of anilines is 1. The van der Waals surface area contributed by atoms with Crippen molar-refractivity contribution in [2.45, 2.75) is 98.6 Å². The molecule has 0 N–H and O–H groups in total. The Bertz CT molecular complexity index is 811. The van der Waals surface area contributed by atoms with Gasteiger partial charge in [-0.3, -0.25) is 4.98 Å². The minimum Gasteiger partial charge on any atom is -0.443 e. The van der Waals surface area contributed by atoms with Crippen LogP contribution in [0.25, 0.3) is 0 Å². The van der Waals surface area contributed by atoms with E-state index in [0.717, 1.165) is 4.90 Å².